The summed E-state index contributed by atoms with van der Waals surface area (Å²) in [5, 5.41) is 7.02. The van der Waals surface area contributed by atoms with Crippen LogP contribution in [-0.2, 0) is 6.54 Å². The van der Waals surface area contributed by atoms with E-state index >= 15 is 0 Å². The average molecular weight is 304 g/mol. The second-order valence-electron chi connectivity index (χ2n) is 6.09. The zero-order valence-corrected chi connectivity index (χ0v) is 12.9. The van der Waals surface area contributed by atoms with Crippen molar-refractivity contribution < 1.29 is 9.32 Å². The Kier molecular flexibility index (Phi) is 5.11. The molecule has 2 heterocycles. The second kappa shape index (κ2) is 7.45. The van der Waals surface area contributed by atoms with Gasteiger partial charge in [-0.25, -0.2) is 4.79 Å². The number of rotatable bonds is 4. The highest BCUT2D eigenvalue weighted by atomic mass is 16.5. The van der Waals surface area contributed by atoms with Gasteiger partial charge in [-0.3, -0.25) is 4.90 Å². The number of carbonyl (C=O) groups is 1. The van der Waals surface area contributed by atoms with Crippen LogP contribution < -0.4 is 5.32 Å². The predicted octanol–water partition coefficient (Wildman–Crippen LogP) is 1.86. The smallest absolute Gasteiger partial charge is 0.317 e. The highest BCUT2D eigenvalue weighted by molar-refractivity contribution is 5.74. The molecule has 1 atom stereocenters. The minimum absolute atomic E-state index is 0.0793. The number of nitrogens with one attached hydrogen (secondary N) is 1. The Morgan fingerprint density at radius 1 is 1.32 bits per heavy atom. The molecule has 1 N–H and O–H groups in total. The SMILES string of the molecule is O=C(NC[C@@H]1CC=CCC1)N1CCN(Cc2ccon2)CC1. The first-order chi connectivity index (χ1) is 10.8. The van der Waals surface area contributed by atoms with E-state index in [4.69, 9.17) is 4.52 Å². The van der Waals surface area contributed by atoms with Crippen molar-refractivity contribution in [3.8, 4) is 0 Å². The van der Waals surface area contributed by atoms with Gasteiger partial charge in [0, 0.05) is 45.3 Å². The van der Waals surface area contributed by atoms with Crippen LogP contribution in [0.1, 0.15) is 25.0 Å². The normalized spacial score (nSPS) is 22.7. The van der Waals surface area contributed by atoms with Gasteiger partial charge in [0.15, 0.2) is 0 Å². The van der Waals surface area contributed by atoms with Gasteiger partial charge in [0.25, 0.3) is 0 Å². The van der Waals surface area contributed by atoms with E-state index in [2.05, 4.69) is 27.5 Å². The lowest BCUT2D eigenvalue weighted by molar-refractivity contribution is 0.132. The number of nitrogens with zero attached hydrogens (tertiary/aromatic N) is 3. The quantitative estimate of drug-likeness (QED) is 0.863. The third kappa shape index (κ3) is 4.10. The van der Waals surface area contributed by atoms with Crippen LogP contribution in [0, 0.1) is 5.92 Å². The Balaban J connectivity index is 1.37. The number of hydrogen-bond acceptors (Lipinski definition) is 4. The van der Waals surface area contributed by atoms with Gasteiger partial charge < -0.3 is 14.7 Å². The molecule has 0 bridgehead atoms. The molecule has 1 aliphatic carbocycles. The Morgan fingerprint density at radius 2 is 2.18 bits per heavy atom. The maximum absolute atomic E-state index is 12.2. The van der Waals surface area contributed by atoms with Crippen LogP contribution in [0.25, 0.3) is 0 Å². The zero-order valence-electron chi connectivity index (χ0n) is 12.9. The van der Waals surface area contributed by atoms with E-state index in [1.807, 2.05) is 11.0 Å². The summed E-state index contributed by atoms with van der Waals surface area (Å²) in [6.45, 7) is 4.89. The highest BCUT2D eigenvalue weighted by Gasteiger charge is 2.22. The molecular weight excluding hydrogens is 280 g/mol. The molecule has 6 heteroatoms. The van der Waals surface area contributed by atoms with Gasteiger partial charge in [-0.15, -0.1) is 0 Å². The molecule has 1 aromatic rings. The van der Waals surface area contributed by atoms with Gasteiger partial charge in [-0.2, -0.15) is 0 Å². The number of allylic oxidation sites excluding steroid dienone is 2. The first-order valence-corrected chi connectivity index (χ1v) is 8.10. The summed E-state index contributed by atoms with van der Waals surface area (Å²) in [6, 6.07) is 1.97. The van der Waals surface area contributed by atoms with Crippen LogP contribution in [-0.4, -0.2) is 53.7 Å². The summed E-state index contributed by atoms with van der Waals surface area (Å²) in [5.41, 5.74) is 0.947. The summed E-state index contributed by atoms with van der Waals surface area (Å²) in [6.07, 6.45) is 9.46. The molecule has 120 valence electrons. The fourth-order valence-corrected chi connectivity index (χ4v) is 3.04. The fourth-order valence-electron chi connectivity index (χ4n) is 3.04. The number of amides is 2. The Morgan fingerprint density at radius 3 is 2.86 bits per heavy atom. The maximum Gasteiger partial charge on any atom is 0.317 e. The number of urea groups is 1. The van der Waals surface area contributed by atoms with Crippen molar-refractivity contribution in [2.24, 2.45) is 5.92 Å². The standard InChI is InChI=1S/C16H24N4O2/c21-16(17-12-14-4-2-1-3-5-14)20-9-7-19(8-10-20)13-15-6-11-22-18-15/h1-2,6,11,14H,3-5,7-10,12-13H2,(H,17,21)/t14-/m1/s1. The molecule has 0 spiro atoms. The van der Waals surface area contributed by atoms with Crippen molar-refractivity contribution in [2.75, 3.05) is 32.7 Å². The molecule has 0 radical (unpaired) electrons. The lowest BCUT2D eigenvalue weighted by atomic mass is 9.94. The first-order valence-electron chi connectivity index (χ1n) is 8.10. The van der Waals surface area contributed by atoms with Crippen LogP contribution in [0.5, 0.6) is 0 Å². The van der Waals surface area contributed by atoms with E-state index in [9.17, 15) is 4.79 Å². The Bertz CT molecular complexity index is 492. The topological polar surface area (TPSA) is 61.6 Å². The summed E-state index contributed by atoms with van der Waals surface area (Å²) in [4.78, 5) is 16.4. The molecule has 0 aromatic carbocycles. The molecule has 1 aromatic heterocycles. The lowest BCUT2D eigenvalue weighted by Crippen LogP contribution is -2.52. The van der Waals surface area contributed by atoms with Crippen LogP contribution in [0.2, 0.25) is 0 Å². The molecule has 22 heavy (non-hydrogen) atoms. The number of piperazine rings is 1. The van der Waals surface area contributed by atoms with Crippen molar-refractivity contribution in [1.29, 1.82) is 0 Å². The summed E-state index contributed by atoms with van der Waals surface area (Å²) >= 11 is 0. The van der Waals surface area contributed by atoms with Gasteiger partial charge >= 0.3 is 6.03 Å². The number of hydrogen-bond donors (Lipinski definition) is 1. The van der Waals surface area contributed by atoms with Gasteiger partial charge in [0.1, 0.15) is 6.26 Å². The molecule has 1 saturated heterocycles. The van der Waals surface area contributed by atoms with Crippen LogP contribution in [0.15, 0.2) is 29.0 Å². The monoisotopic (exact) mass is 304 g/mol. The van der Waals surface area contributed by atoms with Crippen molar-refractivity contribution in [3.05, 3.63) is 30.2 Å². The third-order valence-corrected chi connectivity index (χ3v) is 4.46. The molecular formula is C16H24N4O2. The lowest BCUT2D eigenvalue weighted by Gasteiger charge is -2.34. The summed E-state index contributed by atoms with van der Waals surface area (Å²) < 4.78 is 4.85. The van der Waals surface area contributed by atoms with Gasteiger partial charge in [0.2, 0.25) is 0 Å². The summed E-state index contributed by atoms with van der Waals surface area (Å²) in [5.74, 6) is 0.599. The van der Waals surface area contributed by atoms with E-state index in [1.165, 1.54) is 6.42 Å². The highest BCUT2D eigenvalue weighted by Crippen LogP contribution is 2.17. The molecule has 1 aliphatic heterocycles. The first kappa shape index (κ1) is 15.1. The van der Waals surface area contributed by atoms with E-state index < -0.39 is 0 Å². The predicted molar refractivity (Wildman–Crippen MR) is 83.2 cm³/mol. The minimum Gasteiger partial charge on any atom is -0.364 e. The van der Waals surface area contributed by atoms with E-state index in [0.29, 0.717) is 5.92 Å². The fraction of sp³-hybridized carbons (Fsp3) is 0.625. The van der Waals surface area contributed by atoms with Crippen molar-refractivity contribution in [2.45, 2.75) is 25.8 Å². The van der Waals surface area contributed by atoms with Crippen LogP contribution in [0.3, 0.4) is 0 Å². The minimum atomic E-state index is 0.0793. The average Bonchev–Trinajstić information content (AvgIpc) is 3.07. The Hall–Kier alpha value is -1.82. The van der Waals surface area contributed by atoms with E-state index in [-0.39, 0.29) is 6.03 Å². The zero-order chi connectivity index (χ0) is 15.2. The second-order valence-corrected chi connectivity index (χ2v) is 6.09. The molecule has 1 fully saturated rings. The van der Waals surface area contributed by atoms with Gasteiger partial charge in [-0.1, -0.05) is 17.3 Å². The molecule has 0 saturated carbocycles. The molecule has 0 unspecified atom stereocenters. The van der Waals surface area contributed by atoms with Crippen LogP contribution >= 0.6 is 0 Å². The van der Waals surface area contributed by atoms with Crippen molar-refractivity contribution in [3.63, 3.8) is 0 Å². The Labute approximate surface area is 131 Å². The third-order valence-electron chi connectivity index (χ3n) is 4.46. The largest absolute Gasteiger partial charge is 0.364 e. The molecule has 2 amide bonds. The van der Waals surface area contributed by atoms with Crippen molar-refractivity contribution >= 4 is 6.03 Å². The summed E-state index contributed by atoms with van der Waals surface area (Å²) in [7, 11) is 0. The maximum atomic E-state index is 12.2. The number of carbonyl (C=O) groups excluding carboxylic acids is 1. The van der Waals surface area contributed by atoms with Crippen LogP contribution in [0.4, 0.5) is 4.79 Å². The molecule has 6 nitrogen and oxygen atoms in total. The molecule has 2 aliphatic rings. The van der Waals surface area contributed by atoms with Gasteiger partial charge in [0.05, 0.1) is 5.69 Å². The van der Waals surface area contributed by atoms with E-state index in [1.54, 1.807) is 6.26 Å². The van der Waals surface area contributed by atoms with E-state index in [0.717, 1.165) is 57.8 Å². The van der Waals surface area contributed by atoms with Crippen molar-refractivity contribution in [1.82, 2.24) is 20.3 Å². The van der Waals surface area contributed by atoms with Gasteiger partial charge in [-0.05, 0) is 25.2 Å². The number of aromatic nitrogens is 1. The molecule has 3 rings (SSSR count).